The quantitative estimate of drug-likeness (QED) is 0.304. The Hall–Kier alpha value is -3.73. The Labute approximate surface area is 219 Å². The zero-order valence-electron chi connectivity index (χ0n) is 22.5. The molecule has 1 atom stereocenters. The molecule has 0 aromatic heterocycles. The zero-order valence-corrected chi connectivity index (χ0v) is 22.5. The van der Waals surface area contributed by atoms with Crippen LogP contribution in [0.2, 0.25) is 0 Å². The normalized spacial score (nSPS) is 12.1. The average Bonchev–Trinajstić information content (AvgIpc) is 2.87. The van der Waals surface area contributed by atoms with Gasteiger partial charge in [0.25, 0.3) is 5.91 Å². The van der Waals surface area contributed by atoms with Gasteiger partial charge in [-0.2, -0.15) is 0 Å². The van der Waals surface area contributed by atoms with E-state index in [2.05, 4.69) is 59.0 Å². The highest BCUT2D eigenvalue weighted by atomic mass is 16.4. The number of carboxylic acid groups (broad SMARTS) is 1. The molecule has 0 bridgehead atoms. The van der Waals surface area contributed by atoms with E-state index in [1.54, 1.807) is 24.3 Å². The lowest BCUT2D eigenvalue weighted by molar-refractivity contribution is -0.139. The van der Waals surface area contributed by atoms with Crippen molar-refractivity contribution in [2.75, 3.05) is 0 Å². The van der Waals surface area contributed by atoms with Gasteiger partial charge in [-0.25, -0.2) is 4.79 Å². The molecular formula is C32H37NO4. The predicted molar refractivity (Wildman–Crippen MR) is 148 cm³/mol. The van der Waals surface area contributed by atoms with Gasteiger partial charge in [0.2, 0.25) is 0 Å². The Morgan fingerprint density at radius 1 is 0.730 bits per heavy atom. The second-order valence-corrected chi connectivity index (χ2v) is 10.5. The molecule has 3 rings (SSSR count). The molecule has 0 fully saturated rings. The molecule has 2 N–H and O–H groups in total. The third-order valence-electron chi connectivity index (χ3n) is 6.65. The summed E-state index contributed by atoms with van der Waals surface area (Å²) in [5.41, 5.74) is 5.65. The number of carboxylic acids is 1. The van der Waals surface area contributed by atoms with Crippen molar-refractivity contribution < 1.29 is 19.5 Å². The summed E-state index contributed by atoms with van der Waals surface area (Å²) in [6.07, 6.45) is 0.181. The van der Waals surface area contributed by atoms with E-state index in [-0.39, 0.29) is 24.0 Å². The molecule has 3 aromatic rings. The number of carbonyl (C=O) groups is 3. The van der Waals surface area contributed by atoms with Gasteiger partial charge in [-0.05, 0) is 52.1 Å². The van der Waals surface area contributed by atoms with Gasteiger partial charge in [0.1, 0.15) is 6.04 Å². The van der Waals surface area contributed by atoms with Crippen molar-refractivity contribution in [3.05, 3.63) is 106 Å². The lowest BCUT2D eigenvalue weighted by Gasteiger charge is -2.22. The number of benzene rings is 3. The first-order chi connectivity index (χ1) is 17.5. The molecule has 0 spiro atoms. The number of carbonyl (C=O) groups excluding carboxylic acids is 2. The van der Waals surface area contributed by atoms with Crippen LogP contribution in [0, 0.1) is 0 Å². The molecule has 0 heterocycles. The molecule has 1 amide bonds. The topological polar surface area (TPSA) is 83.5 Å². The molecule has 37 heavy (non-hydrogen) atoms. The first-order valence-corrected chi connectivity index (χ1v) is 12.9. The first-order valence-electron chi connectivity index (χ1n) is 12.9. The summed E-state index contributed by atoms with van der Waals surface area (Å²) in [5.74, 6) is -0.947. The standard InChI is InChI=1S/C32H37NO4/c1-19(2)25-17-26(20(3)4)29(27(18-25)21(5)6)30(34)23-12-14-24(15-13-23)31(35)33-28(32(36)37)16-22-10-8-7-9-11-22/h7-15,17-21,28H,16H2,1-6H3,(H,33,35)(H,36,37)/t28-/m0/s1. The smallest absolute Gasteiger partial charge is 0.326 e. The second kappa shape index (κ2) is 12.0. The van der Waals surface area contributed by atoms with Gasteiger partial charge in [0.05, 0.1) is 0 Å². The zero-order chi connectivity index (χ0) is 27.3. The average molecular weight is 500 g/mol. The fourth-order valence-electron chi connectivity index (χ4n) is 4.43. The number of hydrogen-bond donors (Lipinski definition) is 2. The monoisotopic (exact) mass is 499 g/mol. The van der Waals surface area contributed by atoms with Crippen molar-refractivity contribution in [1.82, 2.24) is 5.32 Å². The highest BCUT2D eigenvalue weighted by Gasteiger charge is 2.24. The third kappa shape index (κ3) is 6.73. The van der Waals surface area contributed by atoms with E-state index in [9.17, 15) is 19.5 Å². The molecule has 3 aromatic carbocycles. The van der Waals surface area contributed by atoms with Crippen LogP contribution in [0.5, 0.6) is 0 Å². The molecule has 0 aliphatic carbocycles. The first kappa shape index (κ1) is 27.9. The number of aliphatic carboxylic acids is 1. The SMILES string of the molecule is CC(C)c1cc(C(C)C)c(C(=O)c2ccc(C(=O)N[C@@H](Cc3ccccc3)C(=O)O)cc2)c(C(C)C)c1. The van der Waals surface area contributed by atoms with Gasteiger partial charge >= 0.3 is 5.97 Å². The molecule has 0 saturated carbocycles. The lowest BCUT2D eigenvalue weighted by Crippen LogP contribution is -2.42. The Morgan fingerprint density at radius 2 is 1.24 bits per heavy atom. The minimum atomic E-state index is -1.10. The van der Waals surface area contributed by atoms with Gasteiger partial charge < -0.3 is 10.4 Å². The third-order valence-corrected chi connectivity index (χ3v) is 6.65. The van der Waals surface area contributed by atoms with Gasteiger partial charge in [-0.15, -0.1) is 0 Å². The number of ketones is 1. The van der Waals surface area contributed by atoms with Crippen LogP contribution in [0.3, 0.4) is 0 Å². The maximum Gasteiger partial charge on any atom is 0.326 e. The Morgan fingerprint density at radius 3 is 1.70 bits per heavy atom. The van der Waals surface area contributed by atoms with Crippen LogP contribution in [-0.2, 0) is 11.2 Å². The summed E-state index contributed by atoms with van der Waals surface area (Å²) in [6.45, 7) is 12.7. The molecule has 0 unspecified atom stereocenters. The fraction of sp³-hybridized carbons (Fsp3) is 0.344. The molecule has 5 nitrogen and oxygen atoms in total. The molecule has 0 aliphatic heterocycles. The van der Waals surface area contributed by atoms with Gasteiger partial charge in [0.15, 0.2) is 5.78 Å². The summed E-state index contributed by atoms with van der Waals surface area (Å²) in [4.78, 5) is 38.3. The van der Waals surface area contributed by atoms with Crippen LogP contribution in [-0.4, -0.2) is 28.8 Å². The van der Waals surface area contributed by atoms with Gasteiger partial charge in [0, 0.05) is 23.1 Å². The van der Waals surface area contributed by atoms with Crippen molar-refractivity contribution in [2.45, 2.75) is 71.8 Å². The van der Waals surface area contributed by atoms with E-state index >= 15 is 0 Å². The summed E-state index contributed by atoms with van der Waals surface area (Å²) < 4.78 is 0. The Balaban J connectivity index is 1.88. The van der Waals surface area contributed by atoms with Crippen molar-refractivity contribution in [1.29, 1.82) is 0 Å². The highest BCUT2D eigenvalue weighted by molar-refractivity contribution is 6.11. The molecular weight excluding hydrogens is 462 g/mol. The van der Waals surface area contributed by atoms with Crippen LogP contribution in [0.15, 0.2) is 66.7 Å². The van der Waals surface area contributed by atoms with Crippen LogP contribution in [0.1, 0.15) is 108 Å². The van der Waals surface area contributed by atoms with E-state index in [0.29, 0.717) is 17.0 Å². The maximum atomic E-state index is 13.8. The van der Waals surface area contributed by atoms with Crippen LogP contribution >= 0.6 is 0 Å². The number of nitrogens with one attached hydrogen (secondary N) is 1. The molecule has 5 heteroatoms. The minimum absolute atomic E-state index is 0.0674. The van der Waals surface area contributed by atoms with E-state index in [1.807, 2.05) is 30.3 Å². The predicted octanol–water partition coefficient (Wildman–Crippen LogP) is 6.71. The summed E-state index contributed by atoms with van der Waals surface area (Å²) in [7, 11) is 0. The largest absolute Gasteiger partial charge is 0.480 e. The highest BCUT2D eigenvalue weighted by Crippen LogP contribution is 2.33. The van der Waals surface area contributed by atoms with Gasteiger partial charge in [-0.3, -0.25) is 9.59 Å². The van der Waals surface area contributed by atoms with E-state index in [0.717, 1.165) is 22.3 Å². The van der Waals surface area contributed by atoms with Crippen molar-refractivity contribution in [3.63, 3.8) is 0 Å². The summed E-state index contributed by atoms with van der Waals surface area (Å²) >= 11 is 0. The van der Waals surface area contributed by atoms with Crippen LogP contribution < -0.4 is 5.32 Å². The number of rotatable bonds is 10. The van der Waals surface area contributed by atoms with Crippen LogP contribution in [0.4, 0.5) is 0 Å². The van der Waals surface area contributed by atoms with E-state index in [1.165, 1.54) is 5.56 Å². The van der Waals surface area contributed by atoms with Crippen LogP contribution in [0.25, 0.3) is 0 Å². The molecule has 194 valence electrons. The van der Waals surface area contributed by atoms with Crippen molar-refractivity contribution in [2.24, 2.45) is 0 Å². The van der Waals surface area contributed by atoms with Crippen molar-refractivity contribution in [3.8, 4) is 0 Å². The Kier molecular flexibility index (Phi) is 9.04. The lowest BCUT2D eigenvalue weighted by atomic mass is 9.81. The molecule has 0 aliphatic rings. The van der Waals surface area contributed by atoms with Gasteiger partial charge in [-0.1, -0.05) is 96.1 Å². The van der Waals surface area contributed by atoms with E-state index < -0.39 is 17.9 Å². The molecule has 0 saturated heterocycles. The number of amides is 1. The minimum Gasteiger partial charge on any atom is -0.480 e. The maximum absolute atomic E-state index is 13.8. The van der Waals surface area contributed by atoms with Crippen molar-refractivity contribution >= 4 is 17.7 Å². The summed E-state index contributed by atoms with van der Waals surface area (Å²) in [6, 6.07) is 18.9. The summed E-state index contributed by atoms with van der Waals surface area (Å²) in [5, 5.41) is 12.2. The van der Waals surface area contributed by atoms with E-state index in [4.69, 9.17) is 0 Å². The number of hydrogen-bond acceptors (Lipinski definition) is 3. The fourth-order valence-corrected chi connectivity index (χ4v) is 4.43. The Bertz CT molecular complexity index is 1230. The second-order valence-electron chi connectivity index (χ2n) is 10.5. The molecule has 0 radical (unpaired) electrons.